The van der Waals surface area contributed by atoms with Gasteiger partial charge in [0.25, 0.3) is 0 Å². The number of benzene rings is 1. The highest BCUT2D eigenvalue weighted by Crippen LogP contribution is 2.18. The largest absolute Gasteiger partial charge is 0.303 e. The number of imidazole rings is 1. The zero-order chi connectivity index (χ0) is 10.8. The molecule has 0 saturated heterocycles. The van der Waals surface area contributed by atoms with Crippen molar-refractivity contribution in [3.63, 3.8) is 0 Å². The van der Waals surface area contributed by atoms with E-state index in [4.69, 9.17) is 5.26 Å². The van der Waals surface area contributed by atoms with Gasteiger partial charge < -0.3 is 4.57 Å². The highest BCUT2D eigenvalue weighted by atomic mass is 19.1. The van der Waals surface area contributed by atoms with Crippen LogP contribution in [0.4, 0.5) is 4.39 Å². The molecular formula is C11H8FN3. The van der Waals surface area contributed by atoms with Gasteiger partial charge in [0.1, 0.15) is 23.3 Å². The monoisotopic (exact) mass is 201 g/mol. The molecule has 0 fully saturated rings. The summed E-state index contributed by atoms with van der Waals surface area (Å²) in [6.45, 7) is 1.80. The predicted molar refractivity (Wildman–Crippen MR) is 53.0 cm³/mol. The molecule has 0 radical (unpaired) electrons. The van der Waals surface area contributed by atoms with Crippen LogP contribution in [0.1, 0.15) is 11.4 Å². The van der Waals surface area contributed by atoms with Crippen molar-refractivity contribution in [3.8, 4) is 11.8 Å². The van der Waals surface area contributed by atoms with Crippen LogP contribution >= 0.6 is 0 Å². The molecule has 0 aliphatic heterocycles. The van der Waals surface area contributed by atoms with E-state index in [0.717, 1.165) is 5.82 Å². The van der Waals surface area contributed by atoms with Crippen LogP contribution in [0, 0.1) is 24.1 Å². The van der Waals surface area contributed by atoms with Crippen LogP contribution in [0.25, 0.3) is 5.69 Å². The van der Waals surface area contributed by atoms with Gasteiger partial charge in [0.05, 0.1) is 5.69 Å². The van der Waals surface area contributed by atoms with Crippen LogP contribution in [0.15, 0.2) is 30.6 Å². The van der Waals surface area contributed by atoms with Gasteiger partial charge >= 0.3 is 0 Å². The fraction of sp³-hybridized carbons (Fsp3) is 0.0909. The Morgan fingerprint density at radius 3 is 2.87 bits per heavy atom. The van der Waals surface area contributed by atoms with Crippen molar-refractivity contribution >= 4 is 0 Å². The maximum atomic E-state index is 13.3. The Balaban J connectivity index is 2.70. The van der Waals surface area contributed by atoms with Crippen molar-refractivity contribution in [3.05, 3.63) is 47.8 Å². The molecule has 0 N–H and O–H groups in total. The van der Waals surface area contributed by atoms with Gasteiger partial charge in [-0.3, -0.25) is 0 Å². The topological polar surface area (TPSA) is 41.6 Å². The number of halogens is 1. The summed E-state index contributed by atoms with van der Waals surface area (Å²) < 4.78 is 15.0. The Labute approximate surface area is 86.4 Å². The maximum absolute atomic E-state index is 13.3. The first kappa shape index (κ1) is 9.41. The van der Waals surface area contributed by atoms with Crippen LogP contribution in [-0.2, 0) is 0 Å². The first-order chi connectivity index (χ1) is 7.24. The van der Waals surface area contributed by atoms with Crippen molar-refractivity contribution in [2.45, 2.75) is 6.92 Å². The Morgan fingerprint density at radius 2 is 2.27 bits per heavy atom. The van der Waals surface area contributed by atoms with Gasteiger partial charge in [0, 0.05) is 12.4 Å². The molecule has 0 saturated carbocycles. The second-order valence-electron chi connectivity index (χ2n) is 3.09. The van der Waals surface area contributed by atoms with Gasteiger partial charge in [-0.1, -0.05) is 6.07 Å². The van der Waals surface area contributed by atoms with Gasteiger partial charge in [-0.15, -0.1) is 0 Å². The summed E-state index contributed by atoms with van der Waals surface area (Å²) in [4.78, 5) is 4.03. The lowest BCUT2D eigenvalue weighted by atomic mass is 10.2. The highest BCUT2D eigenvalue weighted by Gasteiger charge is 2.10. The summed E-state index contributed by atoms with van der Waals surface area (Å²) in [7, 11) is 0. The number of nitrogens with zero attached hydrogens (tertiary/aromatic N) is 3. The number of aromatic nitrogens is 2. The minimum atomic E-state index is -0.511. The fourth-order valence-corrected chi connectivity index (χ4v) is 1.46. The van der Waals surface area contributed by atoms with E-state index in [1.54, 1.807) is 36.0 Å². The van der Waals surface area contributed by atoms with E-state index < -0.39 is 5.82 Å². The SMILES string of the molecule is Cc1nccn1-c1cccc(F)c1C#N. The Hall–Kier alpha value is -2.15. The highest BCUT2D eigenvalue weighted by molar-refractivity contribution is 5.50. The molecule has 74 valence electrons. The van der Waals surface area contributed by atoms with Crippen molar-refractivity contribution < 1.29 is 4.39 Å². The molecule has 15 heavy (non-hydrogen) atoms. The van der Waals surface area contributed by atoms with E-state index in [9.17, 15) is 4.39 Å². The molecule has 1 heterocycles. The van der Waals surface area contributed by atoms with E-state index >= 15 is 0 Å². The Morgan fingerprint density at radius 1 is 1.47 bits per heavy atom. The summed E-state index contributed by atoms with van der Waals surface area (Å²) in [5.41, 5.74) is 0.561. The van der Waals surface area contributed by atoms with E-state index in [2.05, 4.69) is 4.98 Å². The van der Waals surface area contributed by atoms with E-state index in [1.165, 1.54) is 6.07 Å². The van der Waals surface area contributed by atoms with Crippen LogP contribution in [-0.4, -0.2) is 9.55 Å². The van der Waals surface area contributed by atoms with E-state index in [-0.39, 0.29) is 5.56 Å². The van der Waals surface area contributed by atoms with Gasteiger partial charge in [-0.2, -0.15) is 5.26 Å². The minimum Gasteiger partial charge on any atom is -0.303 e. The third-order valence-electron chi connectivity index (χ3n) is 2.19. The van der Waals surface area contributed by atoms with Crippen LogP contribution < -0.4 is 0 Å². The molecule has 0 bridgehead atoms. The lowest BCUT2D eigenvalue weighted by Crippen LogP contribution is -2.00. The normalized spacial score (nSPS) is 9.93. The first-order valence-corrected chi connectivity index (χ1v) is 4.43. The second kappa shape index (κ2) is 3.54. The Bertz CT molecular complexity index is 537. The lowest BCUT2D eigenvalue weighted by Gasteiger charge is -2.07. The predicted octanol–water partition coefficient (Wildman–Crippen LogP) is 2.19. The van der Waals surface area contributed by atoms with Gasteiger partial charge in [-0.25, -0.2) is 9.37 Å². The van der Waals surface area contributed by atoms with Crippen LogP contribution in [0.5, 0.6) is 0 Å². The van der Waals surface area contributed by atoms with Crippen LogP contribution in [0.3, 0.4) is 0 Å². The van der Waals surface area contributed by atoms with Crippen LogP contribution in [0.2, 0.25) is 0 Å². The third kappa shape index (κ3) is 1.48. The smallest absolute Gasteiger partial charge is 0.143 e. The number of nitriles is 1. The molecule has 0 atom stereocenters. The zero-order valence-electron chi connectivity index (χ0n) is 8.11. The van der Waals surface area contributed by atoms with Crippen molar-refractivity contribution in [2.24, 2.45) is 0 Å². The quantitative estimate of drug-likeness (QED) is 0.709. The summed E-state index contributed by atoms with van der Waals surface area (Å²) in [5.74, 6) is 0.209. The second-order valence-corrected chi connectivity index (χ2v) is 3.09. The third-order valence-corrected chi connectivity index (χ3v) is 2.19. The average Bonchev–Trinajstić information content (AvgIpc) is 2.64. The van der Waals surface area contributed by atoms with Gasteiger partial charge in [-0.05, 0) is 19.1 Å². The summed E-state index contributed by atoms with van der Waals surface area (Å²) >= 11 is 0. The zero-order valence-corrected chi connectivity index (χ0v) is 8.11. The molecule has 2 aromatic rings. The number of rotatable bonds is 1. The number of hydrogen-bond donors (Lipinski definition) is 0. The van der Waals surface area contributed by atoms with E-state index in [1.807, 2.05) is 6.07 Å². The molecule has 3 nitrogen and oxygen atoms in total. The maximum Gasteiger partial charge on any atom is 0.143 e. The van der Waals surface area contributed by atoms with Crippen molar-refractivity contribution in [1.29, 1.82) is 5.26 Å². The molecule has 0 unspecified atom stereocenters. The van der Waals surface area contributed by atoms with Gasteiger partial charge in [0.2, 0.25) is 0 Å². The molecule has 1 aromatic heterocycles. The molecule has 4 heteroatoms. The number of aryl methyl sites for hydroxylation is 1. The fourth-order valence-electron chi connectivity index (χ4n) is 1.46. The molecule has 0 spiro atoms. The van der Waals surface area contributed by atoms with Crippen molar-refractivity contribution in [1.82, 2.24) is 9.55 Å². The minimum absolute atomic E-state index is 0.0404. The van der Waals surface area contributed by atoms with Gasteiger partial charge in [0.15, 0.2) is 0 Å². The molecule has 0 amide bonds. The average molecular weight is 201 g/mol. The summed E-state index contributed by atoms with van der Waals surface area (Å²) in [6.07, 6.45) is 3.31. The number of hydrogen-bond acceptors (Lipinski definition) is 2. The molecule has 1 aromatic carbocycles. The molecule has 0 aliphatic rings. The summed E-state index contributed by atoms with van der Waals surface area (Å²) in [6, 6.07) is 6.39. The van der Waals surface area contributed by atoms with Crippen molar-refractivity contribution in [2.75, 3.05) is 0 Å². The molecular weight excluding hydrogens is 193 g/mol. The van der Waals surface area contributed by atoms with E-state index in [0.29, 0.717) is 5.69 Å². The first-order valence-electron chi connectivity index (χ1n) is 4.43. The summed E-state index contributed by atoms with van der Waals surface area (Å²) in [5, 5.41) is 8.87. The Kier molecular flexibility index (Phi) is 2.22. The molecule has 0 aliphatic carbocycles. The standard InChI is InChI=1S/C11H8FN3/c1-8-14-5-6-15(8)11-4-2-3-10(12)9(11)7-13/h2-6H,1H3. The lowest BCUT2D eigenvalue weighted by molar-refractivity contribution is 0.622. The molecule has 2 rings (SSSR count).